The molecule has 0 unspecified atom stereocenters. The van der Waals surface area contributed by atoms with Crippen molar-refractivity contribution < 1.29 is 4.74 Å². The fourth-order valence-corrected chi connectivity index (χ4v) is 1.60. The van der Waals surface area contributed by atoms with Gasteiger partial charge in [-0.05, 0) is 30.8 Å². The van der Waals surface area contributed by atoms with Crippen LogP contribution in [0.15, 0.2) is 0 Å². The lowest BCUT2D eigenvalue weighted by Crippen LogP contribution is -1.97. The lowest BCUT2D eigenvalue weighted by atomic mass is 10.3. The summed E-state index contributed by atoms with van der Waals surface area (Å²) in [5.74, 6) is 2.55. The van der Waals surface area contributed by atoms with Gasteiger partial charge in [-0.25, -0.2) is 0 Å². The van der Waals surface area contributed by atoms with Crippen LogP contribution in [0.3, 0.4) is 0 Å². The first kappa shape index (κ1) is 12.3. The van der Waals surface area contributed by atoms with Crippen LogP contribution >= 0.6 is 11.8 Å². The lowest BCUT2D eigenvalue weighted by molar-refractivity contribution is 0.128. The van der Waals surface area contributed by atoms with Crippen LogP contribution in [-0.2, 0) is 4.74 Å². The molecule has 74 valence electrons. The maximum absolute atomic E-state index is 5.44. The fraction of sp³-hybridized carbons (Fsp3) is 1.00. The summed E-state index contributed by atoms with van der Waals surface area (Å²) in [5, 5.41) is 0. The van der Waals surface area contributed by atoms with Gasteiger partial charge in [0.25, 0.3) is 0 Å². The maximum atomic E-state index is 5.44. The molecule has 0 aromatic carbocycles. The van der Waals surface area contributed by atoms with Gasteiger partial charge in [-0.15, -0.1) is 0 Å². The molecule has 0 spiro atoms. The summed E-state index contributed by atoms with van der Waals surface area (Å²) in [6.45, 7) is 6.32. The normalized spacial score (nSPS) is 10.5. The van der Waals surface area contributed by atoms with E-state index in [1.165, 1.54) is 37.2 Å². The van der Waals surface area contributed by atoms with Crippen LogP contribution in [0.25, 0.3) is 0 Å². The summed E-state index contributed by atoms with van der Waals surface area (Å²) in [6.07, 6.45) is 5.00. The number of hydrogen-bond donors (Lipinski definition) is 0. The van der Waals surface area contributed by atoms with Gasteiger partial charge in [-0.2, -0.15) is 11.8 Å². The van der Waals surface area contributed by atoms with Crippen molar-refractivity contribution in [2.45, 2.75) is 39.5 Å². The molecule has 0 rings (SSSR count). The maximum Gasteiger partial charge on any atom is 0.0466 e. The van der Waals surface area contributed by atoms with Crippen molar-refractivity contribution in [3.8, 4) is 0 Å². The molecule has 1 nitrogen and oxygen atoms in total. The first-order chi connectivity index (χ1) is 5.91. The highest BCUT2D eigenvalue weighted by atomic mass is 32.2. The smallest absolute Gasteiger partial charge is 0.0466 e. The Kier molecular flexibility index (Phi) is 11.6. The molecule has 2 heteroatoms. The van der Waals surface area contributed by atoms with Crippen molar-refractivity contribution in [3.05, 3.63) is 0 Å². The second-order valence-corrected chi connectivity index (χ2v) is 4.26. The quantitative estimate of drug-likeness (QED) is 0.516. The van der Waals surface area contributed by atoms with Crippen molar-refractivity contribution in [1.29, 1.82) is 0 Å². The Morgan fingerprint density at radius 3 is 2.42 bits per heavy atom. The van der Waals surface area contributed by atoms with Gasteiger partial charge in [0.05, 0.1) is 0 Å². The Labute approximate surface area is 81.3 Å². The Balaban J connectivity index is 2.73. The Morgan fingerprint density at radius 2 is 1.75 bits per heavy atom. The van der Waals surface area contributed by atoms with Crippen LogP contribution in [0.5, 0.6) is 0 Å². The molecule has 0 radical (unpaired) electrons. The molecule has 0 N–H and O–H groups in total. The van der Waals surface area contributed by atoms with Gasteiger partial charge in [-0.1, -0.05) is 20.3 Å². The zero-order chi connectivity index (χ0) is 9.07. The highest BCUT2D eigenvalue weighted by Gasteiger charge is 1.89. The number of thioether (sulfide) groups is 1. The van der Waals surface area contributed by atoms with Crippen molar-refractivity contribution >= 4 is 11.8 Å². The van der Waals surface area contributed by atoms with Gasteiger partial charge in [0, 0.05) is 13.2 Å². The third-order valence-corrected chi connectivity index (χ3v) is 2.66. The zero-order valence-corrected chi connectivity index (χ0v) is 9.29. The number of rotatable bonds is 9. The standard InChI is InChI=1S/C10H22OS/c1-3-5-8-11-9-6-7-10-12-4-2/h3-10H2,1-2H3. The van der Waals surface area contributed by atoms with Crippen LogP contribution in [-0.4, -0.2) is 24.7 Å². The van der Waals surface area contributed by atoms with E-state index in [0.29, 0.717) is 0 Å². The van der Waals surface area contributed by atoms with E-state index in [0.717, 1.165) is 13.2 Å². The first-order valence-electron chi connectivity index (χ1n) is 5.07. The second-order valence-electron chi connectivity index (χ2n) is 2.87. The van der Waals surface area contributed by atoms with Gasteiger partial charge in [-0.3, -0.25) is 0 Å². The SMILES string of the molecule is CCCCOCCCCSCC. The van der Waals surface area contributed by atoms with Crippen LogP contribution in [0.4, 0.5) is 0 Å². The average molecular weight is 190 g/mol. The number of hydrogen-bond acceptors (Lipinski definition) is 2. The molecule has 12 heavy (non-hydrogen) atoms. The largest absolute Gasteiger partial charge is 0.381 e. The van der Waals surface area contributed by atoms with E-state index in [1.54, 1.807) is 0 Å². The van der Waals surface area contributed by atoms with E-state index in [4.69, 9.17) is 4.74 Å². The van der Waals surface area contributed by atoms with E-state index >= 15 is 0 Å². The molecule has 0 aliphatic heterocycles. The highest BCUT2D eigenvalue weighted by molar-refractivity contribution is 7.99. The van der Waals surface area contributed by atoms with Gasteiger partial charge < -0.3 is 4.74 Å². The van der Waals surface area contributed by atoms with Gasteiger partial charge in [0.2, 0.25) is 0 Å². The molecule has 0 fully saturated rings. The van der Waals surface area contributed by atoms with Crippen LogP contribution in [0.2, 0.25) is 0 Å². The Morgan fingerprint density at radius 1 is 1.00 bits per heavy atom. The summed E-state index contributed by atoms with van der Waals surface area (Å²) in [6, 6.07) is 0. The van der Waals surface area contributed by atoms with Crippen LogP contribution in [0.1, 0.15) is 39.5 Å². The molecule has 0 aromatic rings. The summed E-state index contributed by atoms with van der Waals surface area (Å²) >= 11 is 2.02. The van der Waals surface area contributed by atoms with Crippen molar-refractivity contribution in [1.82, 2.24) is 0 Å². The number of unbranched alkanes of at least 4 members (excludes halogenated alkanes) is 2. The second kappa shape index (κ2) is 11.3. The van der Waals surface area contributed by atoms with E-state index in [9.17, 15) is 0 Å². The minimum Gasteiger partial charge on any atom is -0.381 e. The fourth-order valence-electron chi connectivity index (χ4n) is 0.901. The summed E-state index contributed by atoms with van der Waals surface area (Å²) in [7, 11) is 0. The van der Waals surface area contributed by atoms with Gasteiger partial charge in [0.15, 0.2) is 0 Å². The molecule has 0 amide bonds. The van der Waals surface area contributed by atoms with E-state index in [1.807, 2.05) is 11.8 Å². The Bertz CT molecular complexity index is 66.2. The highest BCUT2D eigenvalue weighted by Crippen LogP contribution is 2.03. The molecule has 0 aliphatic rings. The molecular weight excluding hydrogens is 168 g/mol. The third-order valence-electron chi connectivity index (χ3n) is 1.67. The summed E-state index contributed by atoms with van der Waals surface area (Å²) < 4.78 is 5.44. The molecular formula is C10H22OS. The average Bonchev–Trinajstić information content (AvgIpc) is 2.10. The van der Waals surface area contributed by atoms with E-state index in [-0.39, 0.29) is 0 Å². The van der Waals surface area contributed by atoms with Crippen molar-refractivity contribution in [3.63, 3.8) is 0 Å². The van der Waals surface area contributed by atoms with Crippen molar-refractivity contribution in [2.24, 2.45) is 0 Å². The molecule has 0 saturated heterocycles. The van der Waals surface area contributed by atoms with Crippen LogP contribution in [0, 0.1) is 0 Å². The molecule has 0 atom stereocenters. The number of ether oxygens (including phenoxy) is 1. The topological polar surface area (TPSA) is 9.23 Å². The Hall–Kier alpha value is 0.310. The molecule has 0 aromatic heterocycles. The summed E-state index contributed by atoms with van der Waals surface area (Å²) in [5.41, 5.74) is 0. The lowest BCUT2D eigenvalue weighted by Gasteiger charge is -2.02. The monoisotopic (exact) mass is 190 g/mol. The predicted octanol–water partition coefficient (Wildman–Crippen LogP) is 3.34. The minimum absolute atomic E-state index is 0.956. The van der Waals surface area contributed by atoms with Gasteiger partial charge in [0.1, 0.15) is 0 Å². The summed E-state index contributed by atoms with van der Waals surface area (Å²) in [4.78, 5) is 0. The molecule has 0 aliphatic carbocycles. The van der Waals surface area contributed by atoms with Crippen molar-refractivity contribution in [2.75, 3.05) is 24.7 Å². The molecule has 0 saturated carbocycles. The first-order valence-corrected chi connectivity index (χ1v) is 6.22. The van der Waals surface area contributed by atoms with Crippen LogP contribution < -0.4 is 0 Å². The van der Waals surface area contributed by atoms with Gasteiger partial charge >= 0.3 is 0 Å². The third kappa shape index (κ3) is 10.3. The zero-order valence-electron chi connectivity index (χ0n) is 8.47. The van der Waals surface area contributed by atoms with E-state index < -0.39 is 0 Å². The minimum atomic E-state index is 0.956. The predicted molar refractivity (Wildman–Crippen MR) is 58.0 cm³/mol. The molecule has 0 bridgehead atoms. The van der Waals surface area contributed by atoms with E-state index in [2.05, 4.69) is 13.8 Å². The molecule has 0 heterocycles.